The van der Waals surface area contributed by atoms with E-state index in [1.54, 1.807) is 24.3 Å². The molecule has 0 N–H and O–H groups in total. The van der Waals surface area contributed by atoms with Crippen molar-refractivity contribution in [1.29, 1.82) is 0 Å². The summed E-state index contributed by atoms with van der Waals surface area (Å²) in [4.78, 5) is 61.2. The van der Waals surface area contributed by atoms with Crippen molar-refractivity contribution in [2.24, 2.45) is 0 Å². The van der Waals surface area contributed by atoms with Crippen molar-refractivity contribution in [3.8, 4) is 28.7 Å². The number of benzene rings is 5. The Morgan fingerprint density at radius 3 is 1.44 bits per heavy atom. The maximum atomic E-state index is 14.9. The summed E-state index contributed by atoms with van der Waals surface area (Å²) in [6.07, 6.45) is 18.2. The van der Waals surface area contributed by atoms with Gasteiger partial charge in [-0.1, -0.05) is 96.5 Å². The van der Waals surface area contributed by atoms with Crippen LogP contribution in [0.5, 0.6) is 28.7 Å². The number of ether oxygens (including phenoxy) is 5. The van der Waals surface area contributed by atoms with Crippen LogP contribution in [-0.2, 0) is 0 Å². The molecule has 12 nitrogen and oxygen atoms in total. The molecule has 0 heterocycles. The number of carbonyl (C=O) groups excluding carboxylic acids is 4. The standard InChI is InChI=1S/C50H52FNO11/c1-2-3-4-5-6-7-8-9-10-11-12-13-14-15-33-59-40-27-29-42(30-28-40)60-47(53)37-21-25-41(26-22-37)61-49(55)38-17-16-18-43(34-38)63-50(56)45-32-31-44(35-46(45)51)62-48(54)36-19-23-39(24-20-36)52(57)58/h16-32,34-35H,2-15,33H2,1H3. The van der Waals surface area contributed by atoms with E-state index in [4.69, 9.17) is 23.7 Å². The molecular weight excluding hydrogens is 810 g/mol. The molecule has 5 rings (SSSR count). The van der Waals surface area contributed by atoms with Crippen molar-refractivity contribution in [3.05, 3.63) is 153 Å². The van der Waals surface area contributed by atoms with Gasteiger partial charge in [0.25, 0.3) is 5.69 Å². The molecule has 63 heavy (non-hydrogen) atoms. The first-order chi connectivity index (χ1) is 30.6. The fourth-order valence-electron chi connectivity index (χ4n) is 6.54. The zero-order chi connectivity index (χ0) is 44.8. The second-order valence-corrected chi connectivity index (χ2v) is 15.0. The number of unbranched alkanes of at least 4 members (excludes halogenated alkanes) is 13. The van der Waals surface area contributed by atoms with Gasteiger partial charge in [-0.3, -0.25) is 10.1 Å². The zero-order valence-electron chi connectivity index (χ0n) is 35.4. The van der Waals surface area contributed by atoms with Crippen LogP contribution in [-0.4, -0.2) is 35.4 Å². The molecule has 0 amide bonds. The summed E-state index contributed by atoms with van der Waals surface area (Å²) < 4.78 is 42.1. The highest BCUT2D eigenvalue weighted by Crippen LogP contribution is 2.24. The van der Waals surface area contributed by atoms with Gasteiger partial charge >= 0.3 is 23.9 Å². The third-order valence-electron chi connectivity index (χ3n) is 10.1. The van der Waals surface area contributed by atoms with Crippen LogP contribution in [0.2, 0.25) is 0 Å². The Kier molecular flexibility index (Phi) is 18.8. The average Bonchev–Trinajstić information content (AvgIpc) is 3.28. The normalized spacial score (nSPS) is 10.8. The van der Waals surface area contributed by atoms with E-state index in [0.29, 0.717) is 18.1 Å². The van der Waals surface area contributed by atoms with Crippen LogP contribution >= 0.6 is 0 Å². The molecule has 0 bridgehead atoms. The van der Waals surface area contributed by atoms with Crippen LogP contribution in [0.1, 0.15) is 138 Å². The molecule has 0 aliphatic carbocycles. The number of esters is 4. The van der Waals surface area contributed by atoms with E-state index >= 15 is 0 Å². The fourth-order valence-corrected chi connectivity index (χ4v) is 6.54. The van der Waals surface area contributed by atoms with Crippen LogP contribution in [0.15, 0.2) is 115 Å². The van der Waals surface area contributed by atoms with Crippen molar-refractivity contribution in [1.82, 2.24) is 0 Å². The molecule has 5 aromatic rings. The highest BCUT2D eigenvalue weighted by Gasteiger charge is 2.19. The van der Waals surface area contributed by atoms with E-state index in [0.717, 1.165) is 37.1 Å². The van der Waals surface area contributed by atoms with Gasteiger partial charge in [0.1, 0.15) is 34.6 Å². The predicted octanol–water partition coefficient (Wildman–Crippen LogP) is 12.5. The van der Waals surface area contributed by atoms with E-state index in [-0.39, 0.29) is 39.6 Å². The Morgan fingerprint density at radius 1 is 0.476 bits per heavy atom. The molecule has 330 valence electrons. The Hall–Kier alpha value is -6.89. The molecular formula is C50H52FNO11. The fraction of sp³-hybridized carbons (Fsp3) is 0.320. The van der Waals surface area contributed by atoms with Gasteiger partial charge in [-0.25, -0.2) is 23.6 Å². The third-order valence-corrected chi connectivity index (χ3v) is 10.1. The van der Waals surface area contributed by atoms with Crippen molar-refractivity contribution >= 4 is 29.6 Å². The van der Waals surface area contributed by atoms with Crippen molar-refractivity contribution in [3.63, 3.8) is 0 Å². The average molecular weight is 862 g/mol. The predicted molar refractivity (Wildman–Crippen MR) is 234 cm³/mol. The number of non-ortho nitro benzene ring substituents is 1. The number of hydrogen-bond donors (Lipinski definition) is 0. The maximum Gasteiger partial charge on any atom is 0.346 e. The van der Waals surface area contributed by atoms with Gasteiger partial charge in [0.05, 0.1) is 33.8 Å². The van der Waals surface area contributed by atoms with Gasteiger partial charge in [0, 0.05) is 18.2 Å². The number of rotatable bonds is 25. The number of hydrogen-bond acceptors (Lipinski definition) is 11. The summed E-state index contributed by atoms with van der Waals surface area (Å²) in [5, 5.41) is 10.8. The molecule has 0 unspecified atom stereocenters. The second kappa shape index (κ2) is 25.1. The van der Waals surface area contributed by atoms with Gasteiger partial charge in [-0.15, -0.1) is 0 Å². The Morgan fingerprint density at radius 2 is 0.905 bits per heavy atom. The number of nitro benzene ring substituents is 1. The summed E-state index contributed by atoms with van der Waals surface area (Å²) in [6.45, 7) is 2.88. The van der Waals surface area contributed by atoms with Crippen LogP contribution in [0.4, 0.5) is 10.1 Å². The van der Waals surface area contributed by atoms with Crippen LogP contribution in [0.25, 0.3) is 0 Å². The van der Waals surface area contributed by atoms with Crippen LogP contribution in [0, 0.1) is 15.9 Å². The van der Waals surface area contributed by atoms with Crippen molar-refractivity contribution in [2.45, 2.75) is 96.8 Å². The lowest BCUT2D eigenvalue weighted by Gasteiger charge is -2.10. The molecule has 0 saturated carbocycles. The van der Waals surface area contributed by atoms with E-state index in [9.17, 15) is 33.7 Å². The minimum atomic E-state index is -1.09. The number of carbonyl (C=O) groups is 4. The van der Waals surface area contributed by atoms with Crippen LogP contribution in [0.3, 0.4) is 0 Å². The molecule has 0 saturated heterocycles. The number of nitrogens with zero attached hydrogens (tertiary/aromatic N) is 1. The number of nitro groups is 1. The van der Waals surface area contributed by atoms with Crippen LogP contribution < -0.4 is 23.7 Å². The highest BCUT2D eigenvalue weighted by atomic mass is 19.1. The first-order valence-electron chi connectivity index (χ1n) is 21.5. The summed E-state index contributed by atoms with van der Waals surface area (Å²) in [6, 6.07) is 25.8. The van der Waals surface area contributed by atoms with E-state index in [1.807, 2.05) is 0 Å². The summed E-state index contributed by atoms with van der Waals surface area (Å²) in [5.41, 5.74) is -0.460. The second-order valence-electron chi connectivity index (χ2n) is 15.0. The summed E-state index contributed by atoms with van der Waals surface area (Å²) >= 11 is 0. The maximum absolute atomic E-state index is 14.9. The Bertz CT molecular complexity index is 2280. The molecule has 0 aromatic heterocycles. The van der Waals surface area contributed by atoms with Crippen molar-refractivity contribution in [2.75, 3.05) is 6.61 Å². The third kappa shape index (κ3) is 15.8. The first kappa shape index (κ1) is 47.2. The van der Waals surface area contributed by atoms with E-state index in [1.165, 1.54) is 144 Å². The minimum Gasteiger partial charge on any atom is -0.494 e. The van der Waals surface area contributed by atoms with Crippen molar-refractivity contribution < 1.29 is 52.2 Å². The lowest BCUT2D eigenvalue weighted by atomic mass is 10.0. The Balaban J connectivity index is 0.994. The van der Waals surface area contributed by atoms with Gasteiger partial charge in [-0.05, 0) is 97.4 Å². The monoisotopic (exact) mass is 861 g/mol. The highest BCUT2D eigenvalue weighted by molar-refractivity contribution is 5.95. The van der Waals surface area contributed by atoms with Gasteiger partial charge in [0.2, 0.25) is 0 Å². The summed E-state index contributed by atoms with van der Waals surface area (Å²) in [5.74, 6) is -3.54. The zero-order valence-corrected chi connectivity index (χ0v) is 35.4. The largest absolute Gasteiger partial charge is 0.494 e. The first-order valence-corrected chi connectivity index (χ1v) is 21.5. The lowest BCUT2D eigenvalue weighted by Crippen LogP contribution is -2.13. The van der Waals surface area contributed by atoms with Gasteiger partial charge in [0.15, 0.2) is 0 Å². The summed E-state index contributed by atoms with van der Waals surface area (Å²) in [7, 11) is 0. The lowest BCUT2D eigenvalue weighted by molar-refractivity contribution is -0.384. The SMILES string of the molecule is CCCCCCCCCCCCCCCCOc1ccc(OC(=O)c2ccc(OC(=O)c3cccc(OC(=O)c4ccc(OC(=O)c5ccc([N+](=O)[O-])cc5)cc4F)c3)cc2)cc1. The Labute approximate surface area is 366 Å². The molecule has 0 atom stereocenters. The molecule has 0 spiro atoms. The number of halogens is 1. The molecule has 13 heteroatoms. The van der Waals surface area contributed by atoms with Gasteiger partial charge in [-0.2, -0.15) is 0 Å². The molecule has 0 aliphatic heterocycles. The minimum absolute atomic E-state index is 0.00619. The molecule has 0 fully saturated rings. The molecule has 0 aliphatic rings. The van der Waals surface area contributed by atoms with Gasteiger partial charge < -0.3 is 23.7 Å². The molecule has 5 aromatic carbocycles. The topological polar surface area (TPSA) is 158 Å². The quantitative estimate of drug-likeness (QED) is 0.0181. The van der Waals surface area contributed by atoms with E-state index < -0.39 is 40.2 Å². The van der Waals surface area contributed by atoms with E-state index in [2.05, 4.69) is 6.92 Å². The molecule has 0 radical (unpaired) electrons. The smallest absolute Gasteiger partial charge is 0.346 e.